The first kappa shape index (κ1) is 18.7. The van der Waals surface area contributed by atoms with Crippen molar-refractivity contribution in [3.63, 3.8) is 0 Å². The number of halogens is 2. The molecule has 3 rings (SSSR count). The summed E-state index contributed by atoms with van der Waals surface area (Å²) in [6, 6.07) is 6.18. The summed E-state index contributed by atoms with van der Waals surface area (Å²) in [5.74, 6) is 0.531. The highest BCUT2D eigenvalue weighted by atomic mass is 35.5. The van der Waals surface area contributed by atoms with Gasteiger partial charge in [0.05, 0.1) is 13.2 Å². The molecular formula is C18H28ClFN2O. The van der Waals surface area contributed by atoms with Gasteiger partial charge in [-0.25, -0.2) is 4.39 Å². The molecule has 3 unspecified atom stereocenters. The lowest BCUT2D eigenvalue weighted by Gasteiger charge is -2.33. The second-order valence-electron chi connectivity index (χ2n) is 6.61. The van der Waals surface area contributed by atoms with Gasteiger partial charge < -0.3 is 15.4 Å². The van der Waals surface area contributed by atoms with Crippen LogP contribution >= 0.6 is 12.4 Å². The van der Waals surface area contributed by atoms with Gasteiger partial charge in [-0.2, -0.15) is 0 Å². The van der Waals surface area contributed by atoms with E-state index in [-0.39, 0.29) is 18.2 Å². The van der Waals surface area contributed by atoms with Crippen molar-refractivity contribution in [1.82, 2.24) is 10.6 Å². The van der Waals surface area contributed by atoms with Crippen molar-refractivity contribution in [2.45, 2.75) is 44.7 Å². The van der Waals surface area contributed by atoms with Gasteiger partial charge in [-0.05, 0) is 61.9 Å². The second kappa shape index (κ2) is 8.97. The molecule has 1 saturated carbocycles. The molecular weight excluding hydrogens is 315 g/mol. The zero-order chi connectivity index (χ0) is 15.4. The maximum atomic E-state index is 13.1. The van der Waals surface area contributed by atoms with Crippen molar-refractivity contribution in [1.29, 1.82) is 0 Å². The quantitative estimate of drug-likeness (QED) is 0.863. The first-order valence-corrected chi connectivity index (χ1v) is 8.53. The zero-order valence-corrected chi connectivity index (χ0v) is 14.6. The van der Waals surface area contributed by atoms with Crippen molar-refractivity contribution in [3.8, 4) is 0 Å². The third-order valence-corrected chi connectivity index (χ3v) is 5.14. The number of rotatable bonds is 5. The van der Waals surface area contributed by atoms with Gasteiger partial charge in [-0.15, -0.1) is 12.4 Å². The SMILES string of the molecule is Cc1cc(F)ccc1CCNC1CCCC1C1COCCN1.Cl. The maximum absolute atomic E-state index is 13.1. The van der Waals surface area contributed by atoms with Gasteiger partial charge >= 0.3 is 0 Å². The van der Waals surface area contributed by atoms with E-state index in [4.69, 9.17) is 4.74 Å². The topological polar surface area (TPSA) is 33.3 Å². The fraction of sp³-hybridized carbons (Fsp3) is 0.667. The number of ether oxygens (including phenoxy) is 1. The number of benzene rings is 1. The van der Waals surface area contributed by atoms with Crippen molar-refractivity contribution >= 4 is 12.4 Å². The van der Waals surface area contributed by atoms with E-state index in [9.17, 15) is 4.39 Å². The summed E-state index contributed by atoms with van der Waals surface area (Å²) in [6.45, 7) is 5.61. The second-order valence-corrected chi connectivity index (χ2v) is 6.61. The molecule has 2 aliphatic rings. The molecule has 2 fully saturated rings. The number of hydrogen-bond acceptors (Lipinski definition) is 3. The molecule has 1 heterocycles. The highest BCUT2D eigenvalue weighted by molar-refractivity contribution is 5.85. The van der Waals surface area contributed by atoms with Crippen molar-refractivity contribution in [3.05, 3.63) is 35.1 Å². The predicted octanol–water partition coefficient (Wildman–Crippen LogP) is 2.85. The van der Waals surface area contributed by atoms with E-state index < -0.39 is 0 Å². The molecule has 23 heavy (non-hydrogen) atoms. The van der Waals surface area contributed by atoms with Crippen LogP contribution in [0, 0.1) is 18.7 Å². The Morgan fingerprint density at radius 2 is 2.22 bits per heavy atom. The Labute approximate surface area is 144 Å². The molecule has 0 radical (unpaired) electrons. The largest absolute Gasteiger partial charge is 0.379 e. The Morgan fingerprint density at radius 1 is 1.35 bits per heavy atom. The maximum Gasteiger partial charge on any atom is 0.123 e. The molecule has 0 bridgehead atoms. The Hall–Kier alpha value is -0.680. The first-order chi connectivity index (χ1) is 10.7. The minimum absolute atomic E-state index is 0. The Kier molecular flexibility index (Phi) is 7.28. The van der Waals surface area contributed by atoms with Crippen molar-refractivity contribution < 1.29 is 9.13 Å². The summed E-state index contributed by atoms with van der Waals surface area (Å²) in [7, 11) is 0. The lowest BCUT2D eigenvalue weighted by molar-refractivity contribution is 0.0526. The molecule has 1 saturated heterocycles. The molecule has 1 aliphatic carbocycles. The van der Waals surface area contributed by atoms with Gasteiger partial charge in [-0.1, -0.05) is 12.5 Å². The van der Waals surface area contributed by atoms with E-state index in [2.05, 4.69) is 10.6 Å². The Balaban J connectivity index is 0.00000192. The van der Waals surface area contributed by atoms with Crippen LogP contribution in [0.5, 0.6) is 0 Å². The molecule has 1 aromatic rings. The molecule has 1 aromatic carbocycles. The molecule has 0 spiro atoms. The van der Waals surface area contributed by atoms with Gasteiger partial charge in [0.1, 0.15) is 5.82 Å². The number of aryl methyl sites for hydroxylation is 1. The summed E-state index contributed by atoms with van der Waals surface area (Å²) in [5.41, 5.74) is 2.29. The Bertz CT molecular complexity index is 494. The molecule has 130 valence electrons. The van der Waals surface area contributed by atoms with Gasteiger partial charge in [0, 0.05) is 18.6 Å². The standard InChI is InChI=1S/C18H27FN2O.ClH/c1-13-11-15(19)6-5-14(13)7-8-20-17-4-2-3-16(17)18-12-22-10-9-21-18;/h5-6,11,16-18,20-21H,2-4,7-10,12H2,1H3;1H. The summed E-state index contributed by atoms with van der Waals surface area (Å²) in [5, 5.41) is 7.34. The lowest BCUT2D eigenvalue weighted by Crippen LogP contribution is -2.51. The number of hydrogen-bond donors (Lipinski definition) is 2. The van der Waals surface area contributed by atoms with Crippen LogP contribution in [-0.2, 0) is 11.2 Å². The monoisotopic (exact) mass is 342 g/mol. The van der Waals surface area contributed by atoms with Crippen LogP contribution in [0.3, 0.4) is 0 Å². The molecule has 1 aliphatic heterocycles. The molecule has 0 amide bonds. The van der Waals surface area contributed by atoms with Gasteiger partial charge in [0.15, 0.2) is 0 Å². The molecule has 2 N–H and O–H groups in total. The normalized spacial score (nSPS) is 27.7. The van der Waals surface area contributed by atoms with E-state index in [1.165, 1.54) is 24.8 Å². The lowest BCUT2D eigenvalue weighted by atomic mass is 9.93. The fourth-order valence-corrected chi connectivity index (χ4v) is 3.92. The third-order valence-electron chi connectivity index (χ3n) is 5.14. The fourth-order valence-electron chi connectivity index (χ4n) is 3.92. The Morgan fingerprint density at radius 3 is 2.96 bits per heavy atom. The van der Waals surface area contributed by atoms with Crippen LogP contribution in [0.15, 0.2) is 18.2 Å². The minimum Gasteiger partial charge on any atom is -0.379 e. The molecule has 3 atom stereocenters. The van der Waals surface area contributed by atoms with E-state index in [1.54, 1.807) is 12.1 Å². The molecule has 0 aromatic heterocycles. The number of morpholine rings is 1. The van der Waals surface area contributed by atoms with Crippen LogP contribution in [0.1, 0.15) is 30.4 Å². The highest BCUT2D eigenvalue weighted by Crippen LogP contribution is 2.29. The van der Waals surface area contributed by atoms with E-state index in [0.717, 1.165) is 38.3 Å². The van der Waals surface area contributed by atoms with Crippen molar-refractivity contribution in [2.24, 2.45) is 5.92 Å². The van der Waals surface area contributed by atoms with Crippen LogP contribution in [0.4, 0.5) is 4.39 Å². The molecule has 3 nitrogen and oxygen atoms in total. The number of nitrogens with one attached hydrogen (secondary N) is 2. The van der Waals surface area contributed by atoms with Crippen LogP contribution in [0.25, 0.3) is 0 Å². The predicted molar refractivity (Wildman–Crippen MR) is 93.8 cm³/mol. The van der Waals surface area contributed by atoms with E-state index in [1.807, 2.05) is 13.0 Å². The van der Waals surface area contributed by atoms with Gasteiger partial charge in [0.2, 0.25) is 0 Å². The average molecular weight is 343 g/mol. The third kappa shape index (κ3) is 4.90. The van der Waals surface area contributed by atoms with Crippen LogP contribution < -0.4 is 10.6 Å². The van der Waals surface area contributed by atoms with Gasteiger partial charge in [0.25, 0.3) is 0 Å². The zero-order valence-electron chi connectivity index (χ0n) is 13.8. The molecule has 5 heteroatoms. The summed E-state index contributed by atoms with van der Waals surface area (Å²) in [4.78, 5) is 0. The van der Waals surface area contributed by atoms with E-state index >= 15 is 0 Å². The van der Waals surface area contributed by atoms with Gasteiger partial charge in [-0.3, -0.25) is 0 Å². The van der Waals surface area contributed by atoms with E-state index in [0.29, 0.717) is 18.0 Å². The van der Waals surface area contributed by atoms with Crippen LogP contribution in [0.2, 0.25) is 0 Å². The highest BCUT2D eigenvalue weighted by Gasteiger charge is 2.34. The van der Waals surface area contributed by atoms with Crippen molar-refractivity contribution in [2.75, 3.05) is 26.3 Å². The minimum atomic E-state index is -0.145. The summed E-state index contributed by atoms with van der Waals surface area (Å²) >= 11 is 0. The first-order valence-electron chi connectivity index (χ1n) is 8.53. The smallest absolute Gasteiger partial charge is 0.123 e. The summed E-state index contributed by atoms with van der Waals surface area (Å²) in [6.07, 6.45) is 4.81. The average Bonchev–Trinajstić information content (AvgIpc) is 2.99. The summed E-state index contributed by atoms with van der Waals surface area (Å²) < 4.78 is 18.8. The van der Waals surface area contributed by atoms with Crippen LogP contribution in [-0.4, -0.2) is 38.4 Å².